The van der Waals surface area contributed by atoms with Gasteiger partial charge in [0.1, 0.15) is 0 Å². The van der Waals surface area contributed by atoms with E-state index in [1.807, 2.05) is 6.21 Å². The summed E-state index contributed by atoms with van der Waals surface area (Å²) in [6.45, 7) is 0. The first-order chi connectivity index (χ1) is 4.45. The van der Waals surface area contributed by atoms with Gasteiger partial charge >= 0.3 is 0 Å². The van der Waals surface area contributed by atoms with E-state index in [9.17, 15) is 0 Å². The molecule has 0 aromatic rings. The Labute approximate surface area is 53.2 Å². The first kappa shape index (κ1) is 4.85. The molecule has 0 aromatic heterocycles. The van der Waals surface area contributed by atoms with Gasteiger partial charge in [-0.25, -0.2) is 0 Å². The average molecular weight is 121 g/mol. The maximum atomic E-state index is 4.13. The molecule has 0 aromatic carbocycles. The van der Waals surface area contributed by atoms with E-state index in [1.54, 1.807) is 0 Å². The molecule has 0 amide bonds. The SMILES string of the molecule is C1=NC(CC2N=N2)=CC1. The van der Waals surface area contributed by atoms with Crippen LogP contribution in [0.3, 0.4) is 0 Å². The number of hydrogen-bond donors (Lipinski definition) is 0. The van der Waals surface area contributed by atoms with E-state index in [1.165, 1.54) is 0 Å². The first-order valence-electron chi connectivity index (χ1n) is 3.07. The van der Waals surface area contributed by atoms with Crippen molar-refractivity contribution in [1.29, 1.82) is 0 Å². The number of hydrogen-bond acceptors (Lipinski definition) is 3. The van der Waals surface area contributed by atoms with Gasteiger partial charge in [-0.1, -0.05) is 6.08 Å². The van der Waals surface area contributed by atoms with Crippen LogP contribution in [0.4, 0.5) is 0 Å². The molecule has 0 atom stereocenters. The maximum absolute atomic E-state index is 4.13. The van der Waals surface area contributed by atoms with Crippen LogP contribution in [0.1, 0.15) is 12.8 Å². The average Bonchev–Trinajstić information content (AvgIpc) is 2.46. The Morgan fingerprint density at radius 2 is 2.44 bits per heavy atom. The lowest BCUT2D eigenvalue weighted by Gasteiger charge is -1.88. The standard InChI is InChI=1S/C6H7N3/c1-2-5(7-3-1)4-6-8-9-6/h2-3,6H,1,4H2. The number of rotatable bonds is 2. The van der Waals surface area contributed by atoms with Crippen molar-refractivity contribution in [3.63, 3.8) is 0 Å². The molecule has 0 aliphatic carbocycles. The van der Waals surface area contributed by atoms with Crippen molar-refractivity contribution >= 4 is 6.21 Å². The molecule has 0 unspecified atom stereocenters. The molecule has 2 aliphatic heterocycles. The normalized spacial score (nSPS) is 22.9. The molecule has 0 N–H and O–H groups in total. The molecular formula is C6H7N3. The molecule has 2 heterocycles. The Balaban J connectivity index is 1.90. The Morgan fingerprint density at radius 3 is 3.00 bits per heavy atom. The predicted molar refractivity (Wildman–Crippen MR) is 34.5 cm³/mol. The van der Waals surface area contributed by atoms with Gasteiger partial charge in [-0.15, -0.1) is 0 Å². The van der Waals surface area contributed by atoms with Gasteiger partial charge in [0.15, 0.2) is 6.17 Å². The lowest BCUT2D eigenvalue weighted by atomic mass is 10.3. The monoisotopic (exact) mass is 121 g/mol. The van der Waals surface area contributed by atoms with Crippen LogP contribution in [0.15, 0.2) is 27.0 Å². The zero-order valence-electron chi connectivity index (χ0n) is 4.99. The van der Waals surface area contributed by atoms with Crippen LogP contribution in [0.2, 0.25) is 0 Å². The second kappa shape index (κ2) is 1.76. The summed E-state index contributed by atoms with van der Waals surface area (Å²) in [6, 6.07) is 0. The summed E-state index contributed by atoms with van der Waals surface area (Å²) in [5.41, 5.74) is 1.14. The summed E-state index contributed by atoms with van der Waals surface area (Å²) >= 11 is 0. The third-order valence-electron chi connectivity index (χ3n) is 1.39. The van der Waals surface area contributed by atoms with E-state index in [0.29, 0.717) is 0 Å². The van der Waals surface area contributed by atoms with Crippen molar-refractivity contribution in [2.24, 2.45) is 15.2 Å². The number of nitrogens with zero attached hydrogens (tertiary/aromatic N) is 3. The van der Waals surface area contributed by atoms with Gasteiger partial charge in [-0.3, -0.25) is 4.99 Å². The molecule has 2 aliphatic rings. The Morgan fingerprint density at radius 1 is 1.56 bits per heavy atom. The highest BCUT2D eigenvalue weighted by atomic mass is 15.4. The molecule has 3 heteroatoms. The Hall–Kier alpha value is -0.990. The highest BCUT2D eigenvalue weighted by Crippen LogP contribution is 2.22. The van der Waals surface area contributed by atoms with Gasteiger partial charge in [0, 0.05) is 24.8 Å². The lowest BCUT2D eigenvalue weighted by Crippen LogP contribution is -1.84. The molecule has 0 radical (unpaired) electrons. The van der Waals surface area contributed by atoms with Crippen molar-refractivity contribution in [2.75, 3.05) is 0 Å². The Kier molecular flexibility index (Phi) is 0.946. The summed E-state index contributed by atoms with van der Waals surface area (Å²) in [4.78, 5) is 4.13. The largest absolute Gasteiger partial charge is 0.266 e. The minimum absolute atomic E-state index is 0.242. The van der Waals surface area contributed by atoms with Crippen LogP contribution in [0.5, 0.6) is 0 Å². The number of allylic oxidation sites excluding steroid dienone is 1. The molecule has 9 heavy (non-hydrogen) atoms. The summed E-state index contributed by atoms with van der Waals surface area (Å²) < 4.78 is 0. The van der Waals surface area contributed by atoms with Crippen molar-refractivity contribution in [1.82, 2.24) is 0 Å². The first-order valence-corrected chi connectivity index (χ1v) is 3.07. The molecule has 0 spiro atoms. The third kappa shape index (κ3) is 1.04. The van der Waals surface area contributed by atoms with Crippen LogP contribution in [0.25, 0.3) is 0 Å². The lowest BCUT2D eigenvalue weighted by molar-refractivity contribution is 0.882. The van der Waals surface area contributed by atoms with Crippen LogP contribution in [-0.2, 0) is 0 Å². The summed E-state index contributed by atoms with van der Waals surface area (Å²) in [5, 5.41) is 7.55. The van der Waals surface area contributed by atoms with E-state index in [4.69, 9.17) is 0 Å². The van der Waals surface area contributed by atoms with Crippen molar-refractivity contribution in [3.05, 3.63) is 11.8 Å². The van der Waals surface area contributed by atoms with Crippen LogP contribution in [0, 0.1) is 0 Å². The highest BCUT2D eigenvalue weighted by molar-refractivity contribution is 5.64. The molecule has 0 saturated heterocycles. The van der Waals surface area contributed by atoms with E-state index in [0.717, 1.165) is 18.5 Å². The zero-order valence-corrected chi connectivity index (χ0v) is 4.99. The van der Waals surface area contributed by atoms with Gasteiger partial charge in [0.2, 0.25) is 0 Å². The smallest absolute Gasteiger partial charge is 0.186 e. The van der Waals surface area contributed by atoms with Crippen LogP contribution >= 0.6 is 0 Å². The highest BCUT2D eigenvalue weighted by Gasteiger charge is 2.17. The quantitative estimate of drug-likeness (QED) is 0.531. The van der Waals surface area contributed by atoms with E-state index in [-0.39, 0.29) is 6.17 Å². The maximum Gasteiger partial charge on any atom is 0.186 e. The minimum Gasteiger partial charge on any atom is -0.266 e. The second-order valence-electron chi connectivity index (χ2n) is 2.16. The molecule has 2 rings (SSSR count). The molecule has 46 valence electrons. The molecule has 3 nitrogen and oxygen atoms in total. The van der Waals surface area contributed by atoms with Crippen molar-refractivity contribution < 1.29 is 0 Å². The van der Waals surface area contributed by atoms with E-state index < -0.39 is 0 Å². The summed E-state index contributed by atoms with van der Waals surface area (Å²) in [6.07, 6.45) is 6.17. The van der Waals surface area contributed by atoms with E-state index in [2.05, 4.69) is 21.3 Å². The number of aliphatic imine (C=N–C) groups is 1. The van der Waals surface area contributed by atoms with Gasteiger partial charge in [0.05, 0.1) is 0 Å². The van der Waals surface area contributed by atoms with Crippen molar-refractivity contribution in [2.45, 2.75) is 19.0 Å². The third-order valence-corrected chi connectivity index (χ3v) is 1.39. The van der Waals surface area contributed by atoms with Crippen molar-refractivity contribution in [3.8, 4) is 0 Å². The van der Waals surface area contributed by atoms with Gasteiger partial charge in [0.25, 0.3) is 0 Å². The minimum atomic E-state index is 0.242. The summed E-state index contributed by atoms with van der Waals surface area (Å²) in [5.74, 6) is 0. The zero-order chi connectivity index (χ0) is 6.10. The fraction of sp³-hybridized carbons (Fsp3) is 0.500. The molecule has 0 saturated carbocycles. The van der Waals surface area contributed by atoms with Gasteiger partial charge in [-0.05, 0) is 0 Å². The Bertz CT molecular complexity index is 196. The molecule has 0 fully saturated rings. The van der Waals surface area contributed by atoms with Gasteiger partial charge in [-0.2, -0.15) is 10.2 Å². The molecule has 0 bridgehead atoms. The van der Waals surface area contributed by atoms with E-state index >= 15 is 0 Å². The second-order valence-corrected chi connectivity index (χ2v) is 2.16. The fourth-order valence-corrected chi connectivity index (χ4v) is 0.863. The summed E-state index contributed by atoms with van der Waals surface area (Å²) in [7, 11) is 0. The van der Waals surface area contributed by atoms with Crippen LogP contribution < -0.4 is 0 Å². The fourth-order valence-electron chi connectivity index (χ4n) is 0.863. The predicted octanol–water partition coefficient (Wildman–Crippen LogP) is 1.53. The van der Waals surface area contributed by atoms with Crippen LogP contribution in [-0.4, -0.2) is 12.4 Å². The molecular weight excluding hydrogens is 114 g/mol. The van der Waals surface area contributed by atoms with Gasteiger partial charge < -0.3 is 0 Å². The topological polar surface area (TPSA) is 37.1 Å².